The smallest absolute Gasteiger partial charge is 0.244 e. The van der Waals surface area contributed by atoms with Crippen LogP contribution in [-0.2, 0) is 4.79 Å². The van der Waals surface area contributed by atoms with Crippen LogP contribution in [0.15, 0.2) is 16.6 Å². The third-order valence-electron chi connectivity index (χ3n) is 3.10. The number of nitrogens with one attached hydrogen (secondary N) is 1. The molecule has 1 unspecified atom stereocenters. The summed E-state index contributed by atoms with van der Waals surface area (Å²) in [6, 6.07) is 3.38. The maximum atomic E-state index is 12.3. The van der Waals surface area contributed by atoms with E-state index in [1.54, 1.807) is 17.0 Å². The second-order valence-electron chi connectivity index (χ2n) is 4.50. The number of carbonyl (C=O) groups is 1. The van der Waals surface area contributed by atoms with E-state index in [4.69, 9.17) is 23.2 Å². The molecule has 1 aliphatic heterocycles. The summed E-state index contributed by atoms with van der Waals surface area (Å²) in [6.07, 6.45) is 1.78. The van der Waals surface area contributed by atoms with E-state index >= 15 is 0 Å². The average molecular weight is 366 g/mol. The Bertz CT molecular complexity index is 473. The summed E-state index contributed by atoms with van der Waals surface area (Å²) in [6.45, 7) is 3.56. The van der Waals surface area contributed by atoms with Crippen LogP contribution in [0.2, 0.25) is 10.0 Å². The van der Waals surface area contributed by atoms with Gasteiger partial charge in [0.1, 0.15) is 0 Å². The van der Waals surface area contributed by atoms with Crippen molar-refractivity contribution in [3.63, 3.8) is 0 Å². The molecule has 0 bridgehead atoms. The lowest BCUT2D eigenvalue weighted by Crippen LogP contribution is -2.38. The van der Waals surface area contributed by atoms with Gasteiger partial charge >= 0.3 is 0 Å². The highest BCUT2D eigenvalue weighted by Crippen LogP contribution is 2.38. The van der Waals surface area contributed by atoms with E-state index in [9.17, 15) is 4.79 Å². The van der Waals surface area contributed by atoms with E-state index in [-0.39, 0.29) is 11.9 Å². The number of anilines is 1. The number of carbonyl (C=O) groups excluding carboxylic acids is 1. The molecular formula is C13H15BrCl2N2O. The van der Waals surface area contributed by atoms with Crippen LogP contribution in [0.25, 0.3) is 0 Å². The van der Waals surface area contributed by atoms with Crippen LogP contribution < -0.4 is 10.2 Å². The van der Waals surface area contributed by atoms with Gasteiger partial charge in [0, 0.05) is 11.0 Å². The Labute approximate surface area is 131 Å². The molecule has 2 rings (SSSR count). The number of halogens is 3. The zero-order chi connectivity index (χ0) is 14.0. The molecule has 19 heavy (non-hydrogen) atoms. The van der Waals surface area contributed by atoms with Crippen molar-refractivity contribution >= 4 is 50.7 Å². The third kappa shape index (κ3) is 3.24. The molecule has 6 heteroatoms. The van der Waals surface area contributed by atoms with Crippen LogP contribution in [0.4, 0.5) is 5.69 Å². The first kappa shape index (κ1) is 15.1. The minimum atomic E-state index is -0.129. The second kappa shape index (κ2) is 6.44. The first-order chi connectivity index (χ1) is 9.04. The monoisotopic (exact) mass is 364 g/mol. The SMILES string of the molecule is CCCNC1CCN(c2c(Cl)cc(Br)cc2Cl)C1=O. The summed E-state index contributed by atoms with van der Waals surface area (Å²) in [7, 11) is 0. The van der Waals surface area contributed by atoms with Gasteiger partial charge in [0.05, 0.1) is 21.8 Å². The summed E-state index contributed by atoms with van der Waals surface area (Å²) in [4.78, 5) is 14.0. The molecule has 0 aromatic heterocycles. The number of amides is 1. The standard InChI is InChI=1S/C13H15BrCl2N2O/c1-2-4-17-11-3-5-18(13(11)19)12-9(15)6-8(14)7-10(12)16/h6-7,11,17H,2-5H2,1H3. The summed E-state index contributed by atoms with van der Waals surface area (Å²) >= 11 is 15.7. The average Bonchev–Trinajstić information content (AvgIpc) is 2.68. The van der Waals surface area contributed by atoms with E-state index in [0.29, 0.717) is 22.3 Å². The highest BCUT2D eigenvalue weighted by Gasteiger charge is 2.34. The summed E-state index contributed by atoms with van der Waals surface area (Å²) in [5.41, 5.74) is 0.609. The highest BCUT2D eigenvalue weighted by atomic mass is 79.9. The van der Waals surface area contributed by atoms with Crippen LogP contribution in [-0.4, -0.2) is 25.0 Å². The van der Waals surface area contributed by atoms with Gasteiger partial charge in [0.25, 0.3) is 0 Å². The predicted molar refractivity (Wildman–Crippen MR) is 83.2 cm³/mol. The van der Waals surface area contributed by atoms with Gasteiger partial charge in [-0.25, -0.2) is 0 Å². The zero-order valence-electron chi connectivity index (χ0n) is 10.5. The quantitative estimate of drug-likeness (QED) is 0.878. The molecule has 0 spiro atoms. The van der Waals surface area contributed by atoms with Gasteiger partial charge in [0.15, 0.2) is 0 Å². The molecule has 1 aromatic carbocycles. The van der Waals surface area contributed by atoms with Gasteiger partial charge in [-0.1, -0.05) is 46.1 Å². The van der Waals surface area contributed by atoms with Crippen molar-refractivity contribution in [3.8, 4) is 0 Å². The van der Waals surface area contributed by atoms with Crippen molar-refractivity contribution < 1.29 is 4.79 Å². The molecule has 1 amide bonds. The molecule has 1 atom stereocenters. The van der Waals surface area contributed by atoms with Crippen molar-refractivity contribution in [2.45, 2.75) is 25.8 Å². The molecular weight excluding hydrogens is 351 g/mol. The lowest BCUT2D eigenvalue weighted by Gasteiger charge is -2.20. The maximum Gasteiger partial charge on any atom is 0.244 e. The van der Waals surface area contributed by atoms with Crippen molar-refractivity contribution in [2.75, 3.05) is 18.0 Å². The van der Waals surface area contributed by atoms with Crippen molar-refractivity contribution in [2.24, 2.45) is 0 Å². The summed E-state index contributed by atoms with van der Waals surface area (Å²) < 4.78 is 0.804. The Morgan fingerprint density at radius 3 is 2.63 bits per heavy atom. The molecule has 1 N–H and O–H groups in total. The van der Waals surface area contributed by atoms with Gasteiger partial charge in [-0.05, 0) is 31.5 Å². The van der Waals surface area contributed by atoms with Gasteiger partial charge in [-0.15, -0.1) is 0 Å². The number of nitrogens with zero attached hydrogens (tertiary/aromatic N) is 1. The fourth-order valence-corrected chi connectivity index (χ4v) is 3.61. The normalized spacial score (nSPS) is 19.3. The Morgan fingerprint density at radius 1 is 1.42 bits per heavy atom. The van der Waals surface area contributed by atoms with E-state index in [2.05, 4.69) is 28.2 Å². The maximum absolute atomic E-state index is 12.3. The van der Waals surface area contributed by atoms with E-state index < -0.39 is 0 Å². The molecule has 0 saturated carbocycles. The van der Waals surface area contributed by atoms with Crippen LogP contribution in [0.3, 0.4) is 0 Å². The number of benzene rings is 1. The molecule has 0 radical (unpaired) electrons. The molecule has 0 aliphatic carbocycles. The van der Waals surface area contributed by atoms with E-state index in [1.807, 2.05) is 0 Å². The highest BCUT2D eigenvalue weighted by molar-refractivity contribution is 9.10. The summed E-state index contributed by atoms with van der Waals surface area (Å²) in [5, 5.41) is 4.22. The lowest BCUT2D eigenvalue weighted by molar-refractivity contribution is -0.118. The molecule has 1 saturated heterocycles. The van der Waals surface area contributed by atoms with Gasteiger partial charge < -0.3 is 10.2 Å². The van der Waals surface area contributed by atoms with Crippen LogP contribution >= 0.6 is 39.1 Å². The molecule has 1 aliphatic rings. The third-order valence-corrected chi connectivity index (χ3v) is 4.13. The van der Waals surface area contributed by atoms with Gasteiger partial charge in [-0.3, -0.25) is 4.79 Å². The fourth-order valence-electron chi connectivity index (χ4n) is 2.20. The van der Waals surface area contributed by atoms with Crippen molar-refractivity contribution in [1.29, 1.82) is 0 Å². The molecule has 104 valence electrons. The number of hydrogen-bond acceptors (Lipinski definition) is 2. The largest absolute Gasteiger partial charge is 0.308 e. The molecule has 1 aromatic rings. The second-order valence-corrected chi connectivity index (χ2v) is 6.23. The van der Waals surface area contributed by atoms with Crippen LogP contribution in [0, 0.1) is 0 Å². The fraction of sp³-hybridized carbons (Fsp3) is 0.462. The van der Waals surface area contributed by atoms with Gasteiger partial charge in [0.2, 0.25) is 5.91 Å². The Hall–Kier alpha value is -0.290. The van der Waals surface area contributed by atoms with E-state index in [1.165, 1.54) is 0 Å². The number of hydrogen-bond donors (Lipinski definition) is 1. The first-order valence-corrected chi connectivity index (χ1v) is 7.78. The molecule has 1 heterocycles. The topological polar surface area (TPSA) is 32.3 Å². The van der Waals surface area contributed by atoms with Gasteiger partial charge in [-0.2, -0.15) is 0 Å². The predicted octanol–water partition coefficient (Wildman–Crippen LogP) is 3.86. The minimum absolute atomic E-state index is 0.0413. The lowest BCUT2D eigenvalue weighted by atomic mass is 10.2. The molecule has 1 fully saturated rings. The minimum Gasteiger partial charge on any atom is -0.308 e. The first-order valence-electron chi connectivity index (χ1n) is 6.24. The molecule has 3 nitrogen and oxygen atoms in total. The van der Waals surface area contributed by atoms with Crippen LogP contribution in [0.1, 0.15) is 19.8 Å². The Balaban J connectivity index is 2.22. The zero-order valence-corrected chi connectivity index (χ0v) is 13.6. The number of rotatable bonds is 4. The van der Waals surface area contributed by atoms with Crippen molar-refractivity contribution in [3.05, 3.63) is 26.7 Å². The Kier molecular flexibility index (Phi) is 5.12. The summed E-state index contributed by atoms with van der Waals surface area (Å²) in [5.74, 6) is 0.0413. The van der Waals surface area contributed by atoms with Crippen molar-refractivity contribution in [1.82, 2.24) is 5.32 Å². The van der Waals surface area contributed by atoms with Crippen LogP contribution in [0.5, 0.6) is 0 Å². The Morgan fingerprint density at radius 2 is 2.05 bits per heavy atom. The van der Waals surface area contributed by atoms with E-state index in [0.717, 1.165) is 23.9 Å².